The molecule has 0 radical (unpaired) electrons. The number of amides is 1. The van der Waals surface area contributed by atoms with Crippen LogP contribution < -0.4 is 10.1 Å². The highest BCUT2D eigenvalue weighted by Crippen LogP contribution is 2.09. The van der Waals surface area contributed by atoms with Gasteiger partial charge in [0, 0.05) is 6.42 Å². The monoisotopic (exact) mass is 357 g/mol. The van der Waals surface area contributed by atoms with E-state index in [0.717, 1.165) is 5.56 Å². The maximum atomic E-state index is 11.8. The predicted molar refractivity (Wildman–Crippen MR) is 92.5 cm³/mol. The number of hydrogen-bond acceptors (Lipinski definition) is 5. The van der Waals surface area contributed by atoms with Crippen molar-refractivity contribution in [1.82, 2.24) is 5.32 Å². The van der Waals surface area contributed by atoms with Gasteiger partial charge in [-0.2, -0.15) is 0 Å². The lowest BCUT2D eigenvalue weighted by atomic mass is 10.1. The SMILES string of the molecule is O=C(CC[C@H](NC(=O)Oc1ccccc1)C(=O)O)OCc1ccccc1. The molecule has 136 valence electrons. The summed E-state index contributed by atoms with van der Waals surface area (Å²) in [7, 11) is 0. The Balaban J connectivity index is 1.77. The Kier molecular flexibility index (Phi) is 7.17. The van der Waals surface area contributed by atoms with Gasteiger partial charge in [0.2, 0.25) is 0 Å². The number of ether oxygens (including phenoxy) is 2. The van der Waals surface area contributed by atoms with Crippen LogP contribution in [0.2, 0.25) is 0 Å². The van der Waals surface area contributed by atoms with Crippen LogP contribution >= 0.6 is 0 Å². The van der Waals surface area contributed by atoms with Crippen molar-refractivity contribution >= 4 is 18.0 Å². The smallest absolute Gasteiger partial charge is 0.413 e. The third kappa shape index (κ3) is 6.64. The summed E-state index contributed by atoms with van der Waals surface area (Å²) in [5, 5.41) is 11.4. The fourth-order valence-electron chi connectivity index (χ4n) is 2.10. The van der Waals surface area contributed by atoms with E-state index in [-0.39, 0.29) is 25.2 Å². The fraction of sp³-hybridized carbons (Fsp3) is 0.211. The number of esters is 1. The molecule has 0 aromatic heterocycles. The summed E-state index contributed by atoms with van der Waals surface area (Å²) in [6.45, 7) is 0.112. The first kappa shape index (κ1) is 19.0. The van der Waals surface area contributed by atoms with Crippen LogP contribution in [0.25, 0.3) is 0 Å². The minimum atomic E-state index is -1.26. The van der Waals surface area contributed by atoms with E-state index in [1.54, 1.807) is 30.3 Å². The quantitative estimate of drug-likeness (QED) is 0.705. The highest BCUT2D eigenvalue weighted by molar-refractivity contribution is 5.81. The second-order valence-corrected chi connectivity index (χ2v) is 5.42. The number of nitrogens with one attached hydrogen (secondary N) is 1. The molecule has 0 fully saturated rings. The zero-order chi connectivity index (χ0) is 18.8. The largest absolute Gasteiger partial charge is 0.480 e. The number of aliphatic carboxylic acids is 1. The van der Waals surface area contributed by atoms with Gasteiger partial charge in [-0.1, -0.05) is 48.5 Å². The van der Waals surface area contributed by atoms with Crippen LogP contribution in [-0.4, -0.2) is 29.2 Å². The summed E-state index contributed by atoms with van der Waals surface area (Å²) >= 11 is 0. The third-order valence-corrected chi connectivity index (χ3v) is 3.42. The van der Waals surface area contributed by atoms with E-state index >= 15 is 0 Å². The minimum absolute atomic E-state index is 0.104. The lowest BCUT2D eigenvalue weighted by Gasteiger charge is -2.14. The number of carboxylic acids is 1. The van der Waals surface area contributed by atoms with Gasteiger partial charge < -0.3 is 19.9 Å². The van der Waals surface area contributed by atoms with Crippen molar-refractivity contribution in [2.45, 2.75) is 25.5 Å². The molecule has 0 bridgehead atoms. The number of hydrogen-bond donors (Lipinski definition) is 2. The van der Waals surface area contributed by atoms with E-state index in [4.69, 9.17) is 9.47 Å². The van der Waals surface area contributed by atoms with Gasteiger partial charge in [0.25, 0.3) is 0 Å². The summed E-state index contributed by atoms with van der Waals surface area (Å²) in [6.07, 6.45) is -1.15. The number of rotatable bonds is 8. The Morgan fingerprint density at radius 3 is 2.19 bits per heavy atom. The van der Waals surface area contributed by atoms with Crippen molar-refractivity contribution in [2.24, 2.45) is 0 Å². The molecule has 0 aliphatic rings. The number of carbonyl (C=O) groups excluding carboxylic acids is 2. The van der Waals surface area contributed by atoms with E-state index in [1.165, 1.54) is 0 Å². The van der Waals surface area contributed by atoms with Crippen molar-refractivity contribution < 1.29 is 29.0 Å². The summed E-state index contributed by atoms with van der Waals surface area (Å²) < 4.78 is 10.1. The Bertz CT molecular complexity index is 732. The first-order chi connectivity index (χ1) is 12.5. The second kappa shape index (κ2) is 9.83. The van der Waals surface area contributed by atoms with Crippen molar-refractivity contribution in [2.75, 3.05) is 0 Å². The molecular weight excluding hydrogens is 338 g/mol. The van der Waals surface area contributed by atoms with E-state index in [9.17, 15) is 19.5 Å². The molecule has 2 aromatic rings. The van der Waals surface area contributed by atoms with E-state index < -0.39 is 24.1 Å². The third-order valence-electron chi connectivity index (χ3n) is 3.42. The minimum Gasteiger partial charge on any atom is -0.480 e. The van der Waals surface area contributed by atoms with Crippen molar-refractivity contribution in [3.05, 3.63) is 66.2 Å². The molecular formula is C19H19NO6. The highest BCUT2D eigenvalue weighted by Gasteiger charge is 2.22. The van der Waals surface area contributed by atoms with E-state index in [0.29, 0.717) is 0 Å². The molecule has 0 heterocycles. The second-order valence-electron chi connectivity index (χ2n) is 5.42. The number of benzene rings is 2. The molecule has 26 heavy (non-hydrogen) atoms. The zero-order valence-electron chi connectivity index (χ0n) is 14.0. The Morgan fingerprint density at radius 2 is 1.58 bits per heavy atom. The van der Waals surface area contributed by atoms with Gasteiger partial charge in [0.1, 0.15) is 18.4 Å². The van der Waals surface area contributed by atoms with Crippen molar-refractivity contribution in [1.29, 1.82) is 0 Å². The average Bonchev–Trinajstić information content (AvgIpc) is 2.64. The summed E-state index contributed by atoms with van der Waals surface area (Å²) in [5.41, 5.74) is 0.834. The molecule has 0 saturated carbocycles. The molecule has 0 saturated heterocycles. The van der Waals surface area contributed by atoms with Crippen molar-refractivity contribution in [3.63, 3.8) is 0 Å². The van der Waals surface area contributed by atoms with Gasteiger partial charge in [-0.15, -0.1) is 0 Å². The van der Waals surface area contributed by atoms with Gasteiger partial charge in [-0.25, -0.2) is 9.59 Å². The molecule has 2 N–H and O–H groups in total. The Hall–Kier alpha value is -3.35. The maximum absolute atomic E-state index is 11.8. The predicted octanol–water partition coefficient (Wildman–Crippen LogP) is 2.75. The maximum Gasteiger partial charge on any atom is 0.413 e. The fourth-order valence-corrected chi connectivity index (χ4v) is 2.10. The van der Waals surface area contributed by atoms with Gasteiger partial charge in [0.15, 0.2) is 0 Å². The van der Waals surface area contributed by atoms with Gasteiger partial charge in [0.05, 0.1) is 0 Å². The molecule has 7 heteroatoms. The highest BCUT2D eigenvalue weighted by atomic mass is 16.6. The lowest BCUT2D eigenvalue weighted by molar-refractivity contribution is -0.145. The molecule has 0 aliphatic carbocycles. The first-order valence-electron chi connectivity index (χ1n) is 8.00. The Labute approximate surface area is 150 Å². The van der Waals surface area contributed by atoms with Gasteiger partial charge >= 0.3 is 18.0 Å². The summed E-state index contributed by atoms with van der Waals surface area (Å²) in [4.78, 5) is 34.8. The zero-order valence-corrected chi connectivity index (χ0v) is 14.0. The number of para-hydroxylation sites is 1. The molecule has 1 atom stereocenters. The van der Waals surface area contributed by atoms with Crippen LogP contribution in [0.5, 0.6) is 5.75 Å². The van der Waals surface area contributed by atoms with Crippen LogP contribution in [-0.2, 0) is 20.9 Å². The first-order valence-corrected chi connectivity index (χ1v) is 8.00. The summed E-state index contributed by atoms with van der Waals surface area (Å²) in [5.74, 6) is -1.51. The molecule has 1 amide bonds. The lowest BCUT2D eigenvalue weighted by Crippen LogP contribution is -2.42. The van der Waals surface area contributed by atoms with Crippen LogP contribution in [0.1, 0.15) is 18.4 Å². The number of carboxylic acid groups (broad SMARTS) is 1. The van der Waals surface area contributed by atoms with Gasteiger partial charge in [-0.3, -0.25) is 4.79 Å². The molecule has 0 spiro atoms. The normalized spacial score (nSPS) is 11.2. The van der Waals surface area contributed by atoms with E-state index in [1.807, 2.05) is 30.3 Å². The average molecular weight is 357 g/mol. The van der Waals surface area contributed by atoms with Crippen LogP contribution in [0.15, 0.2) is 60.7 Å². The number of carbonyl (C=O) groups is 3. The molecule has 2 aromatic carbocycles. The van der Waals surface area contributed by atoms with Crippen LogP contribution in [0.3, 0.4) is 0 Å². The molecule has 2 rings (SSSR count). The van der Waals surface area contributed by atoms with Crippen LogP contribution in [0, 0.1) is 0 Å². The molecule has 0 aliphatic heterocycles. The Morgan fingerprint density at radius 1 is 0.962 bits per heavy atom. The molecule has 0 unspecified atom stereocenters. The van der Waals surface area contributed by atoms with Crippen molar-refractivity contribution in [3.8, 4) is 5.75 Å². The summed E-state index contributed by atoms with van der Waals surface area (Å²) in [6, 6.07) is 16.1. The standard InChI is InChI=1S/C19H19NO6/c21-17(25-13-14-7-3-1-4-8-14)12-11-16(18(22)23)20-19(24)26-15-9-5-2-6-10-15/h1-10,16H,11-13H2,(H,20,24)(H,22,23)/t16-/m0/s1. The molecule has 7 nitrogen and oxygen atoms in total. The van der Waals surface area contributed by atoms with Crippen LogP contribution in [0.4, 0.5) is 4.79 Å². The van der Waals surface area contributed by atoms with E-state index in [2.05, 4.69) is 5.32 Å². The van der Waals surface area contributed by atoms with Gasteiger partial charge in [-0.05, 0) is 24.1 Å². The topological polar surface area (TPSA) is 102 Å².